The number of aromatic nitrogens is 2. The van der Waals surface area contributed by atoms with Gasteiger partial charge in [0.1, 0.15) is 16.7 Å². The molecular formula is C16H10Cl2FN3O2S. The molecule has 5 nitrogen and oxygen atoms in total. The van der Waals surface area contributed by atoms with Gasteiger partial charge in [0.2, 0.25) is 0 Å². The van der Waals surface area contributed by atoms with E-state index in [0.717, 1.165) is 0 Å². The van der Waals surface area contributed by atoms with E-state index >= 15 is 0 Å². The Bertz CT molecular complexity index is 949. The molecule has 0 fully saturated rings. The Labute approximate surface area is 156 Å². The van der Waals surface area contributed by atoms with Crippen molar-refractivity contribution in [2.24, 2.45) is 0 Å². The minimum absolute atomic E-state index is 0.118. The largest absolute Gasteiger partial charge is 0.496 e. The van der Waals surface area contributed by atoms with Crippen molar-refractivity contribution in [1.29, 1.82) is 0 Å². The van der Waals surface area contributed by atoms with Crippen LogP contribution < -0.4 is 10.1 Å². The number of thiazole rings is 1. The van der Waals surface area contributed by atoms with E-state index in [1.54, 1.807) is 5.38 Å². The number of hydrogen-bond acceptors (Lipinski definition) is 5. The van der Waals surface area contributed by atoms with Crippen LogP contribution in [-0.2, 0) is 0 Å². The summed E-state index contributed by atoms with van der Waals surface area (Å²) < 4.78 is 18.7. The van der Waals surface area contributed by atoms with Crippen molar-refractivity contribution in [1.82, 2.24) is 9.97 Å². The molecular weight excluding hydrogens is 388 g/mol. The molecule has 0 aliphatic rings. The van der Waals surface area contributed by atoms with Crippen LogP contribution in [0.2, 0.25) is 10.2 Å². The van der Waals surface area contributed by atoms with Gasteiger partial charge in [-0.05, 0) is 24.3 Å². The first-order valence-electron chi connectivity index (χ1n) is 6.90. The van der Waals surface area contributed by atoms with Crippen LogP contribution in [0.25, 0.3) is 11.3 Å². The third-order valence-electron chi connectivity index (χ3n) is 3.22. The van der Waals surface area contributed by atoms with Gasteiger partial charge in [0.05, 0.1) is 23.4 Å². The molecule has 3 rings (SSSR count). The molecule has 128 valence electrons. The molecule has 1 amide bonds. The molecule has 0 radical (unpaired) electrons. The fraction of sp³-hybridized carbons (Fsp3) is 0.0625. The number of pyridine rings is 1. The average Bonchev–Trinajstić information content (AvgIpc) is 3.05. The topological polar surface area (TPSA) is 64.1 Å². The lowest BCUT2D eigenvalue weighted by molar-refractivity contribution is 0.102. The third-order valence-corrected chi connectivity index (χ3v) is 4.66. The lowest BCUT2D eigenvalue weighted by Crippen LogP contribution is -2.12. The number of methoxy groups -OCH3 is 1. The Kier molecular flexibility index (Phi) is 5.17. The van der Waals surface area contributed by atoms with E-state index in [4.69, 9.17) is 27.9 Å². The molecule has 1 aromatic carbocycles. The maximum Gasteiger partial charge on any atom is 0.259 e. The van der Waals surface area contributed by atoms with Crippen LogP contribution in [0, 0.1) is 5.82 Å². The molecule has 9 heteroatoms. The first-order chi connectivity index (χ1) is 12.0. The number of carbonyl (C=O) groups is 1. The van der Waals surface area contributed by atoms with Crippen LogP contribution in [0.3, 0.4) is 0 Å². The second kappa shape index (κ2) is 7.35. The number of hydrogen-bond donors (Lipinski definition) is 1. The number of anilines is 1. The highest BCUT2D eigenvalue weighted by atomic mass is 35.5. The van der Waals surface area contributed by atoms with Gasteiger partial charge >= 0.3 is 0 Å². The highest BCUT2D eigenvalue weighted by molar-refractivity contribution is 7.14. The Balaban J connectivity index is 1.83. The van der Waals surface area contributed by atoms with Crippen LogP contribution in [0.15, 0.2) is 35.8 Å². The van der Waals surface area contributed by atoms with E-state index in [1.807, 2.05) is 0 Å². The first kappa shape index (κ1) is 17.6. The molecule has 0 saturated carbocycles. The van der Waals surface area contributed by atoms with Crippen LogP contribution in [0.4, 0.5) is 9.52 Å². The van der Waals surface area contributed by atoms with Gasteiger partial charge in [0.25, 0.3) is 5.91 Å². The van der Waals surface area contributed by atoms with Gasteiger partial charge in [0, 0.05) is 17.1 Å². The monoisotopic (exact) mass is 397 g/mol. The zero-order chi connectivity index (χ0) is 18.0. The van der Waals surface area contributed by atoms with Crippen LogP contribution in [0.1, 0.15) is 10.4 Å². The lowest BCUT2D eigenvalue weighted by Gasteiger charge is -2.06. The van der Waals surface area contributed by atoms with Gasteiger partial charge in [-0.3, -0.25) is 10.1 Å². The smallest absolute Gasteiger partial charge is 0.259 e. The summed E-state index contributed by atoms with van der Waals surface area (Å²) in [6, 6.07) is 5.55. The van der Waals surface area contributed by atoms with Gasteiger partial charge in [-0.2, -0.15) is 0 Å². The highest BCUT2D eigenvalue weighted by Crippen LogP contribution is 2.33. The summed E-state index contributed by atoms with van der Waals surface area (Å²) >= 11 is 12.8. The summed E-state index contributed by atoms with van der Waals surface area (Å²) in [5, 5.41) is 4.98. The summed E-state index contributed by atoms with van der Waals surface area (Å²) in [6.07, 6.45) is 1.31. The molecule has 0 aliphatic carbocycles. The van der Waals surface area contributed by atoms with Crippen molar-refractivity contribution in [3.05, 3.63) is 57.4 Å². The molecule has 3 aromatic rings. The quantitative estimate of drug-likeness (QED) is 0.635. The fourth-order valence-electron chi connectivity index (χ4n) is 2.05. The molecule has 2 aromatic heterocycles. The third kappa shape index (κ3) is 3.89. The Morgan fingerprint density at radius 2 is 2.12 bits per heavy atom. The first-order valence-corrected chi connectivity index (χ1v) is 8.53. The fourth-order valence-corrected chi connectivity index (χ4v) is 3.03. The predicted molar refractivity (Wildman–Crippen MR) is 96.3 cm³/mol. The summed E-state index contributed by atoms with van der Waals surface area (Å²) in [5.41, 5.74) is 1.23. The molecule has 0 atom stereocenters. The minimum Gasteiger partial charge on any atom is -0.496 e. The number of nitrogens with one attached hydrogen (secondary N) is 1. The number of carbonyl (C=O) groups excluding carboxylic acids is 1. The standard InChI is InChI=1S/C16H10Cl2FN3O2S/c1-24-13-3-2-9(19)5-10(13)12-7-25-16(21-12)22-15(23)8-4-11(17)14(18)20-6-8/h2-7H,1H3,(H,21,22,23). The van der Waals surface area contributed by atoms with Crippen LogP contribution >= 0.6 is 34.5 Å². The molecule has 0 bridgehead atoms. The number of halogens is 3. The van der Waals surface area contributed by atoms with E-state index in [2.05, 4.69) is 15.3 Å². The predicted octanol–water partition coefficient (Wildman–Crippen LogP) is 4.91. The van der Waals surface area contributed by atoms with E-state index in [0.29, 0.717) is 22.1 Å². The van der Waals surface area contributed by atoms with Crippen molar-refractivity contribution in [2.45, 2.75) is 0 Å². The SMILES string of the molecule is COc1ccc(F)cc1-c1csc(NC(=O)c2cnc(Cl)c(Cl)c2)n1. The van der Waals surface area contributed by atoms with E-state index in [1.165, 1.54) is 48.9 Å². The molecule has 0 unspecified atom stereocenters. The zero-order valence-corrected chi connectivity index (χ0v) is 15.0. The summed E-state index contributed by atoms with van der Waals surface area (Å²) in [6.45, 7) is 0. The van der Waals surface area contributed by atoms with Gasteiger partial charge in [-0.25, -0.2) is 14.4 Å². The number of benzene rings is 1. The molecule has 2 heterocycles. The molecule has 1 N–H and O–H groups in total. The van der Waals surface area contributed by atoms with Crippen molar-refractivity contribution < 1.29 is 13.9 Å². The van der Waals surface area contributed by atoms with Gasteiger partial charge in [-0.15, -0.1) is 11.3 Å². The van der Waals surface area contributed by atoms with Crippen molar-refractivity contribution in [3.63, 3.8) is 0 Å². The number of rotatable bonds is 4. The van der Waals surface area contributed by atoms with Gasteiger partial charge in [0.15, 0.2) is 5.13 Å². The number of amides is 1. The Morgan fingerprint density at radius 3 is 2.84 bits per heavy atom. The Hall–Kier alpha value is -2.22. The molecule has 0 aliphatic heterocycles. The maximum atomic E-state index is 13.5. The normalized spacial score (nSPS) is 10.6. The van der Waals surface area contributed by atoms with Crippen molar-refractivity contribution >= 4 is 45.6 Å². The average molecular weight is 398 g/mol. The number of nitrogens with zero attached hydrogens (tertiary/aromatic N) is 2. The summed E-state index contributed by atoms with van der Waals surface area (Å²) in [4.78, 5) is 20.3. The lowest BCUT2D eigenvalue weighted by atomic mass is 10.1. The van der Waals surface area contributed by atoms with Crippen molar-refractivity contribution in [3.8, 4) is 17.0 Å². The molecule has 0 saturated heterocycles. The maximum absolute atomic E-state index is 13.5. The number of ether oxygens (including phenoxy) is 1. The van der Waals surface area contributed by atoms with E-state index < -0.39 is 11.7 Å². The minimum atomic E-state index is -0.432. The van der Waals surface area contributed by atoms with E-state index in [-0.39, 0.29) is 15.7 Å². The van der Waals surface area contributed by atoms with Gasteiger partial charge in [-0.1, -0.05) is 23.2 Å². The highest BCUT2D eigenvalue weighted by Gasteiger charge is 2.14. The van der Waals surface area contributed by atoms with Crippen LogP contribution in [-0.4, -0.2) is 23.0 Å². The zero-order valence-electron chi connectivity index (χ0n) is 12.7. The summed E-state index contributed by atoms with van der Waals surface area (Å²) in [7, 11) is 1.49. The second-order valence-corrected chi connectivity index (χ2v) is 6.46. The molecule has 25 heavy (non-hydrogen) atoms. The second-order valence-electron chi connectivity index (χ2n) is 4.83. The van der Waals surface area contributed by atoms with Crippen LogP contribution in [0.5, 0.6) is 5.75 Å². The van der Waals surface area contributed by atoms with Gasteiger partial charge < -0.3 is 4.74 Å². The summed E-state index contributed by atoms with van der Waals surface area (Å²) in [5.74, 6) is -0.354. The molecule has 0 spiro atoms. The van der Waals surface area contributed by atoms with E-state index in [9.17, 15) is 9.18 Å². The van der Waals surface area contributed by atoms with Crippen molar-refractivity contribution in [2.75, 3.05) is 12.4 Å². The Morgan fingerprint density at radius 1 is 1.32 bits per heavy atom.